The van der Waals surface area contributed by atoms with Gasteiger partial charge >= 0.3 is 0 Å². The Bertz CT molecular complexity index is 1260. The second-order valence-electron chi connectivity index (χ2n) is 9.63. The van der Waals surface area contributed by atoms with Crippen molar-refractivity contribution in [3.8, 4) is 11.3 Å². The van der Waals surface area contributed by atoms with E-state index in [0.717, 1.165) is 68.6 Å². The van der Waals surface area contributed by atoms with Crippen molar-refractivity contribution < 1.29 is 4.74 Å². The number of likely N-dealkylation sites (tertiary alicyclic amines) is 1. The standard InChI is InChI=1S/C26H31N9O/c1-17-12-19(3-4-23(17)34-15-21-13-20(34)16-35(21)25(27)28)31-26-29-7-6-22(32-26)18-2-5-24(30-14-18)33-8-10-36-11-9-33/h2-7,12,14,20-21H,8-11,13,15-16H2,1H3,(H3,27,28)(H,29,31,32). The first-order chi connectivity index (χ1) is 17.5. The van der Waals surface area contributed by atoms with Gasteiger partial charge < -0.3 is 30.5 Å². The van der Waals surface area contributed by atoms with E-state index >= 15 is 0 Å². The molecule has 3 aliphatic heterocycles. The lowest BCUT2D eigenvalue weighted by Crippen LogP contribution is -2.51. The van der Waals surface area contributed by atoms with Crippen LogP contribution >= 0.6 is 0 Å². The highest BCUT2D eigenvalue weighted by atomic mass is 16.5. The summed E-state index contributed by atoms with van der Waals surface area (Å²) in [5.74, 6) is 1.70. The zero-order valence-corrected chi connectivity index (χ0v) is 20.4. The summed E-state index contributed by atoms with van der Waals surface area (Å²) in [7, 11) is 0. The topological polar surface area (TPSA) is 120 Å². The van der Waals surface area contributed by atoms with Crippen LogP contribution in [0, 0.1) is 12.3 Å². The van der Waals surface area contributed by atoms with Crippen LogP contribution in [-0.2, 0) is 4.74 Å². The highest BCUT2D eigenvalue weighted by Crippen LogP contribution is 2.36. The number of rotatable bonds is 5. The smallest absolute Gasteiger partial charge is 0.227 e. The molecule has 186 valence electrons. The van der Waals surface area contributed by atoms with Crippen molar-refractivity contribution in [2.75, 3.05) is 54.5 Å². The molecule has 2 aromatic heterocycles. The minimum atomic E-state index is 0.185. The minimum absolute atomic E-state index is 0.185. The highest BCUT2D eigenvalue weighted by molar-refractivity contribution is 5.76. The van der Waals surface area contributed by atoms with Crippen molar-refractivity contribution in [1.29, 1.82) is 5.41 Å². The molecule has 6 rings (SSSR count). The predicted octanol–water partition coefficient (Wildman–Crippen LogP) is 2.58. The quantitative estimate of drug-likeness (QED) is 0.370. The fourth-order valence-electron chi connectivity index (χ4n) is 5.54. The summed E-state index contributed by atoms with van der Waals surface area (Å²) in [4.78, 5) is 20.5. The van der Waals surface area contributed by atoms with Gasteiger partial charge in [0.2, 0.25) is 5.95 Å². The number of fused-ring (bicyclic) bond motifs is 2. The van der Waals surface area contributed by atoms with Gasteiger partial charge in [0.15, 0.2) is 5.96 Å². The van der Waals surface area contributed by atoms with Crippen molar-refractivity contribution >= 4 is 29.1 Å². The molecule has 0 spiro atoms. The van der Waals surface area contributed by atoms with E-state index in [1.165, 1.54) is 11.3 Å². The van der Waals surface area contributed by atoms with Crippen molar-refractivity contribution in [2.45, 2.75) is 25.4 Å². The molecule has 2 atom stereocenters. The SMILES string of the molecule is Cc1cc(Nc2nccc(-c3ccc(N4CCOCC4)nc3)n2)ccc1N1CC2CC1CN2C(=N)N. The molecule has 3 fully saturated rings. The number of hydrogen-bond donors (Lipinski definition) is 3. The number of aromatic nitrogens is 3. The summed E-state index contributed by atoms with van der Waals surface area (Å²) in [5.41, 5.74) is 10.9. The summed E-state index contributed by atoms with van der Waals surface area (Å²) < 4.78 is 5.43. The third kappa shape index (κ3) is 4.28. The number of aryl methyl sites for hydroxylation is 1. The molecule has 36 heavy (non-hydrogen) atoms. The van der Waals surface area contributed by atoms with E-state index in [9.17, 15) is 0 Å². The largest absolute Gasteiger partial charge is 0.378 e. The van der Waals surface area contributed by atoms with E-state index in [0.29, 0.717) is 18.0 Å². The maximum atomic E-state index is 7.77. The molecular formula is C26H31N9O. The van der Waals surface area contributed by atoms with Crippen molar-refractivity contribution in [3.63, 3.8) is 0 Å². The van der Waals surface area contributed by atoms with Crippen LogP contribution in [0.4, 0.5) is 23.1 Å². The van der Waals surface area contributed by atoms with E-state index in [2.05, 4.69) is 56.3 Å². The van der Waals surface area contributed by atoms with Crippen LogP contribution in [0.1, 0.15) is 12.0 Å². The molecule has 2 unspecified atom stereocenters. The zero-order chi connectivity index (χ0) is 24.6. The monoisotopic (exact) mass is 485 g/mol. The number of ether oxygens (including phenoxy) is 1. The second-order valence-corrected chi connectivity index (χ2v) is 9.63. The number of pyridine rings is 1. The lowest BCUT2D eigenvalue weighted by molar-refractivity contribution is 0.122. The number of hydrogen-bond acceptors (Lipinski definition) is 8. The number of nitrogens with one attached hydrogen (secondary N) is 2. The number of nitrogens with two attached hydrogens (primary N) is 1. The zero-order valence-electron chi connectivity index (χ0n) is 20.4. The Hall–Kier alpha value is -3.92. The summed E-state index contributed by atoms with van der Waals surface area (Å²) in [5, 5.41) is 11.1. The minimum Gasteiger partial charge on any atom is -0.378 e. The fourth-order valence-corrected chi connectivity index (χ4v) is 5.54. The van der Waals surface area contributed by atoms with Crippen LogP contribution < -0.4 is 20.9 Å². The van der Waals surface area contributed by atoms with Crippen molar-refractivity contribution in [2.24, 2.45) is 5.73 Å². The molecule has 2 bridgehead atoms. The van der Waals surface area contributed by atoms with Crippen LogP contribution in [0.25, 0.3) is 11.3 Å². The third-order valence-corrected chi connectivity index (χ3v) is 7.35. The fraction of sp³-hybridized carbons (Fsp3) is 0.385. The predicted molar refractivity (Wildman–Crippen MR) is 141 cm³/mol. The molecule has 0 radical (unpaired) electrons. The molecule has 10 nitrogen and oxygen atoms in total. The van der Waals surface area contributed by atoms with Crippen LogP contribution in [0.2, 0.25) is 0 Å². The maximum Gasteiger partial charge on any atom is 0.227 e. The van der Waals surface area contributed by atoms with Gasteiger partial charge in [-0.05, 0) is 55.3 Å². The van der Waals surface area contributed by atoms with E-state index < -0.39 is 0 Å². The molecule has 10 heteroatoms. The Morgan fingerprint density at radius 3 is 2.64 bits per heavy atom. The van der Waals surface area contributed by atoms with Gasteiger partial charge in [-0.2, -0.15) is 0 Å². The molecule has 1 aromatic carbocycles. The third-order valence-electron chi connectivity index (χ3n) is 7.35. The Balaban J connectivity index is 1.14. The van der Waals surface area contributed by atoms with Gasteiger partial charge in [0.25, 0.3) is 0 Å². The van der Waals surface area contributed by atoms with Crippen LogP contribution in [0.3, 0.4) is 0 Å². The van der Waals surface area contributed by atoms with Crippen LogP contribution in [0.15, 0.2) is 48.8 Å². The Labute approximate surface area is 210 Å². The highest BCUT2D eigenvalue weighted by Gasteiger charge is 2.44. The van der Waals surface area contributed by atoms with E-state index in [-0.39, 0.29) is 5.96 Å². The van der Waals surface area contributed by atoms with Gasteiger partial charge in [-0.3, -0.25) is 5.41 Å². The maximum absolute atomic E-state index is 7.77. The lowest BCUT2D eigenvalue weighted by Gasteiger charge is -2.36. The van der Waals surface area contributed by atoms with E-state index in [1.54, 1.807) is 6.20 Å². The molecule has 3 aliphatic rings. The van der Waals surface area contributed by atoms with Crippen LogP contribution in [0.5, 0.6) is 0 Å². The average Bonchev–Trinajstić information content (AvgIpc) is 3.51. The summed E-state index contributed by atoms with van der Waals surface area (Å²) in [6, 6.07) is 13.1. The average molecular weight is 486 g/mol. The van der Waals surface area contributed by atoms with Gasteiger partial charge in [0.05, 0.1) is 24.9 Å². The molecular weight excluding hydrogens is 454 g/mol. The van der Waals surface area contributed by atoms with Gasteiger partial charge in [-0.15, -0.1) is 0 Å². The normalized spacial score (nSPS) is 21.2. The molecule has 0 saturated carbocycles. The molecule has 4 N–H and O–H groups in total. The number of nitrogens with zero attached hydrogens (tertiary/aromatic N) is 6. The lowest BCUT2D eigenvalue weighted by atomic mass is 10.1. The number of guanidine groups is 1. The van der Waals surface area contributed by atoms with Gasteiger partial charge in [-0.25, -0.2) is 15.0 Å². The number of anilines is 4. The number of benzene rings is 1. The van der Waals surface area contributed by atoms with E-state index in [4.69, 9.17) is 20.9 Å². The Kier molecular flexibility index (Phi) is 5.80. The molecule has 5 heterocycles. The first-order valence-corrected chi connectivity index (χ1v) is 12.4. The Morgan fingerprint density at radius 2 is 1.94 bits per heavy atom. The molecule has 0 aliphatic carbocycles. The van der Waals surface area contributed by atoms with Crippen molar-refractivity contribution in [3.05, 3.63) is 54.4 Å². The van der Waals surface area contributed by atoms with Crippen molar-refractivity contribution in [1.82, 2.24) is 19.9 Å². The first-order valence-electron chi connectivity index (χ1n) is 12.4. The van der Waals surface area contributed by atoms with Gasteiger partial charge in [0.1, 0.15) is 5.82 Å². The Morgan fingerprint density at radius 1 is 1.08 bits per heavy atom. The second kappa shape index (κ2) is 9.27. The van der Waals surface area contributed by atoms with Gasteiger partial charge in [0, 0.05) is 61.6 Å². The number of piperazine rings is 1. The first kappa shape index (κ1) is 22.5. The summed E-state index contributed by atoms with van der Waals surface area (Å²) in [6.45, 7) is 7.06. The summed E-state index contributed by atoms with van der Waals surface area (Å²) in [6.07, 6.45) is 4.69. The van der Waals surface area contributed by atoms with Crippen LogP contribution in [-0.4, -0.2) is 77.3 Å². The molecule has 3 aromatic rings. The summed E-state index contributed by atoms with van der Waals surface area (Å²) >= 11 is 0. The van der Waals surface area contributed by atoms with E-state index in [1.807, 2.05) is 23.2 Å². The molecule has 3 saturated heterocycles. The van der Waals surface area contributed by atoms with Gasteiger partial charge in [-0.1, -0.05) is 0 Å². The number of morpholine rings is 1. The molecule has 0 amide bonds.